The topological polar surface area (TPSA) is 35.2 Å². The maximum absolute atomic E-state index is 12.9. The lowest BCUT2D eigenvalue weighted by atomic mass is 10.1. The van der Waals surface area contributed by atoms with Crippen LogP contribution in [0, 0.1) is 5.82 Å². The van der Waals surface area contributed by atoms with Crippen molar-refractivity contribution in [3.63, 3.8) is 0 Å². The van der Waals surface area contributed by atoms with Crippen molar-refractivity contribution in [3.05, 3.63) is 65.5 Å². The summed E-state index contributed by atoms with van der Waals surface area (Å²) >= 11 is 0. The SMILES string of the molecule is NCC(Oc1cccc(C(F)(F)F)c1)c1ccc(F)cc1. The zero-order chi connectivity index (χ0) is 15.5. The van der Waals surface area contributed by atoms with E-state index in [1.165, 1.54) is 36.4 Å². The van der Waals surface area contributed by atoms with Crippen molar-refractivity contribution in [3.8, 4) is 5.75 Å². The summed E-state index contributed by atoms with van der Waals surface area (Å²) in [4.78, 5) is 0. The van der Waals surface area contributed by atoms with Crippen LogP contribution in [0.1, 0.15) is 17.2 Å². The van der Waals surface area contributed by atoms with Gasteiger partial charge >= 0.3 is 6.18 Å². The molecule has 0 aliphatic heterocycles. The largest absolute Gasteiger partial charge is 0.484 e. The highest BCUT2D eigenvalue weighted by Gasteiger charge is 2.30. The van der Waals surface area contributed by atoms with Crippen LogP contribution >= 0.6 is 0 Å². The van der Waals surface area contributed by atoms with Crippen molar-refractivity contribution in [1.82, 2.24) is 0 Å². The lowest BCUT2D eigenvalue weighted by Crippen LogP contribution is -2.18. The van der Waals surface area contributed by atoms with E-state index in [9.17, 15) is 17.6 Å². The number of nitrogens with two attached hydrogens (primary N) is 1. The van der Waals surface area contributed by atoms with Gasteiger partial charge in [-0.25, -0.2) is 4.39 Å². The Hall–Kier alpha value is -2.08. The second-order valence-corrected chi connectivity index (χ2v) is 4.42. The number of alkyl halides is 3. The molecule has 2 nitrogen and oxygen atoms in total. The van der Waals surface area contributed by atoms with Crippen molar-refractivity contribution >= 4 is 0 Å². The fraction of sp³-hybridized carbons (Fsp3) is 0.200. The van der Waals surface area contributed by atoms with Gasteiger partial charge in [0, 0.05) is 6.54 Å². The Morgan fingerprint density at radius 2 is 1.71 bits per heavy atom. The molecule has 1 atom stereocenters. The number of benzene rings is 2. The maximum Gasteiger partial charge on any atom is 0.416 e. The van der Waals surface area contributed by atoms with Crippen LogP contribution in [-0.4, -0.2) is 6.54 Å². The van der Waals surface area contributed by atoms with Gasteiger partial charge in [0.15, 0.2) is 0 Å². The quantitative estimate of drug-likeness (QED) is 0.868. The van der Waals surface area contributed by atoms with Gasteiger partial charge in [0.25, 0.3) is 0 Å². The number of halogens is 4. The fourth-order valence-corrected chi connectivity index (χ4v) is 1.84. The van der Waals surface area contributed by atoms with Crippen molar-refractivity contribution in [2.45, 2.75) is 12.3 Å². The Bertz CT molecular complexity index is 595. The first kappa shape index (κ1) is 15.3. The molecule has 2 rings (SSSR count). The highest BCUT2D eigenvalue weighted by Crippen LogP contribution is 2.32. The molecule has 112 valence electrons. The monoisotopic (exact) mass is 299 g/mol. The van der Waals surface area contributed by atoms with Gasteiger partial charge in [-0.15, -0.1) is 0 Å². The Kier molecular flexibility index (Phi) is 4.47. The minimum Gasteiger partial charge on any atom is -0.484 e. The summed E-state index contributed by atoms with van der Waals surface area (Å²) in [6.07, 6.45) is -5.08. The molecule has 0 amide bonds. The highest BCUT2D eigenvalue weighted by atomic mass is 19.4. The first-order chi connectivity index (χ1) is 9.90. The van der Waals surface area contributed by atoms with Crippen molar-refractivity contribution < 1.29 is 22.3 Å². The normalized spacial score (nSPS) is 13.0. The summed E-state index contributed by atoms with van der Waals surface area (Å²) in [6.45, 7) is 0.0574. The third-order valence-electron chi connectivity index (χ3n) is 2.90. The summed E-state index contributed by atoms with van der Waals surface area (Å²) in [5.74, 6) is -0.349. The average molecular weight is 299 g/mol. The molecule has 0 saturated carbocycles. The minimum absolute atomic E-state index is 0.0574. The molecule has 2 aromatic rings. The molecule has 0 aliphatic rings. The number of rotatable bonds is 4. The second kappa shape index (κ2) is 6.13. The van der Waals surface area contributed by atoms with E-state index in [0.29, 0.717) is 5.56 Å². The van der Waals surface area contributed by atoms with Crippen LogP contribution < -0.4 is 10.5 Å². The predicted octanol–water partition coefficient (Wildman–Crippen LogP) is 3.92. The second-order valence-electron chi connectivity index (χ2n) is 4.42. The van der Waals surface area contributed by atoms with E-state index in [1.54, 1.807) is 0 Å². The van der Waals surface area contributed by atoms with Crippen LogP contribution in [0.2, 0.25) is 0 Å². The van der Waals surface area contributed by atoms with Gasteiger partial charge in [0.2, 0.25) is 0 Å². The van der Waals surface area contributed by atoms with Gasteiger partial charge in [0.05, 0.1) is 5.56 Å². The van der Waals surface area contributed by atoms with Gasteiger partial charge in [-0.2, -0.15) is 13.2 Å². The summed E-state index contributed by atoms with van der Waals surface area (Å²) in [6, 6.07) is 10.0. The molecule has 0 saturated heterocycles. The standard InChI is InChI=1S/C15H13F4NO/c16-12-6-4-10(5-7-12)14(9-20)21-13-3-1-2-11(8-13)15(17,18)19/h1-8,14H,9,20H2. The van der Waals surface area contributed by atoms with Crippen LogP contribution in [0.4, 0.5) is 17.6 Å². The number of hydrogen-bond donors (Lipinski definition) is 1. The van der Waals surface area contributed by atoms with Crippen molar-refractivity contribution in [2.24, 2.45) is 5.73 Å². The third-order valence-corrected chi connectivity index (χ3v) is 2.90. The van der Waals surface area contributed by atoms with Gasteiger partial charge in [-0.1, -0.05) is 18.2 Å². The molecule has 6 heteroatoms. The van der Waals surface area contributed by atoms with Crippen LogP contribution in [0.15, 0.2) is 48.5 Å². The highest BCUT2D eigenvalue weighted by molar-refractivity contribution is 5.31. The van der Waals surface area contributed by atoms with Crippen molar-refractivity contribution in [2.75, 3.05) is 6.54 Å². The molecule has 2 aromatic carbocycles. The summed E-state index contributed by atoms with van der Waals surface area (Å²) in [5, 5.41) is 0. The fourth-order valence-electron chi connectivity index (χ4n) is 1.84. The zero-order valence-corrected chi connectivity index (χ0v) is 10.9. The first-order valence-electron chi connectivity index (χ1n) is 6.19. The number of hydrogen-bond acceptors (Lipinski definition) is 2. The predicted molar refractivity (Wildman–Crippen MR) is 70.3 cm³/mol. The summed E-state index contributed by atoms with van der Waals surface area (Å²) in [5.41, 5.74) is 5.37. The summed E-state index contributed by atoms with van der Waals surface area (Å²) in [7, 11) is 0. The van der Waals surface area contributed by atoms with Crippen LogP contribution in [0.3, 0.4) is 0 Å². The van der Waals surface area contributed by atoms with Gasteiger partial charge in [-0.3, -0.25) is 0 Å². The maximum atomic E-state index is 12.9. The van der Waals surface area contributed by atoms with E-state index >= 15 is 0 Å². The molecule has 0 spiro atoms. The van der Waals surface area contributed by atoms with E-state index in [1.807, 2.05) is 0 Å². The molecular weight excluding hydrogens is 286 g/mol. The van der Waals surface area contributed by atoms with Crippen LogP contribution in [0.5, 0.6) is 5.75 Å². The average Bonchev–Trinajstić information content (AvgIpc) is 2.45. The molecular formula is C15H13F4NO. The lowest BCUT2D eigenvalue weighted by Gasteiger charge is -2.18. The van der Waals surface area contributed by atoms with Crippen LogP contribution in [0.25, 0.3) is 0 Å². The first-order valence-corrected chi connectivity index (χ1v) is 6.19. The van der Waals surface area contributed by atoms with Gasteiger partial charge < -0.3 is 10.5 Å². The lowest BCUT2D eigenvalue weighted by molar-refractivity contribution is -0.137. The smallest absolute Gasteiger partial charge is 0.416 e. The van der Waals surface area contributed by atoms with E-state index in [4.69, 9.17) is 10.5 Å². The molecule has 21 heavy (non-hydrogen) atoms. The van der Waals surface area contributed by atoms with E-state index in [0.717, 1.165) is 12.1 Å². The van der Waals surface area contributed by atoms with Gasteiger partial charge in [-0.05, 0) is 35.9 Å². The molecule has 0 bridgehead atoms. The molecule has 0 fully saturated rings. The molecule has 1 unspecified atom stereocenters. The zero-order valence-electron chi connectivity index (χ0n) is 10.9. The Labute approximate surface area is 119 Å². The molecule has 0 heterocycles. The van der Waals surface area contributed by atoms with E-state index < -0.39 is 23.7 Å². The molecule has 0 aliphatic carbocycles. The number of ether oxygens (including phenoxy) is 1. The Morgan fingerprint density at radius 1 is 1.05 bits per heavy atom. The van der Waals surface area contributed by atoms with E-state index in [-0.39, 0.29) is 12.3 Å². The molecule has 0 aromatic heterocycles. The van der Waals surface area contributed by atoms with Crippen LogP contribution in [-0.2, 0) is 6.18 Å². The third kappa shape index (κ3) is 3.95. The summed E-state index contributed by atoms with van der Waals surface area (Å²) < 4.78 is 56.2. The van der Waals surface area contributed by atoms with Gasteiger partial charge in [0.1, 0.15) is 17.7 Å². The molecule has 0 radical (unpaired) electrons. The van der Waals surface area contributed by atoms with Crippen molar-refractivity contribution in [1.29, 1.82) is 0 Å². The Balaban J connectivity index is 2.21. The Morgan fingerprint density at radius 3 is 2.29 bits per heavy atom. The minimum atomic E-state index is -4.44. The molecule has 2 N–H and O–H groups in total. The van der Waals surface area contributed by atoms with E-state index in [2.05, 4.69) is 0 Å².